The molecule has 0 bridgehead atoms. The fraction of sp³-hybridized carbons (Fsp3) is 0.133. The molecule has 2 aromatic carbocycles. The molecule has 0 saturated carbocycles. The third kappa shape index (κ3) is 4.10. The molecule has 8 nitrogen and oxygen atoms in total. The van der Waals surface area contributed by atoms with Gasteiger partial charge in [-0.3, -0.25) is 10.1 Å². The number of anilines is 2. The van der Waals surface area contributed by atoms with Crippen molar-refractivity contribution in [2.45, 2.75) is 6.92 Å². The normalized spacial score (nSPS) is 9.96. The number of nitrogens with zero attached hydrogens (tertiary/aromatic N) is 1. The third-order valence-corrected chi connectivity index (χ3v) is 2.88. The molecule has 0 heterocycles. The second-order valence-corrected chi connectivity index (χ2v) is 4.47. The van der Waals surface area contributed by atoms with Gasteiger partial charge in [0.15, 0.2) is 0 Å². The average molecular weight is 317 g/mol. The number of urea groups is 1. The van der Waals surface area contributed by atoms with Crippen LogP contribution in [0.2, 0.25) is 0 Å². The van der Waals surface area contributed by atoms with Crippen LogP contribution in [0.15, 0.2) is 42.5 Å². The number of phenolic OH excluding ortho intramolecular Hbond substituents is 1. The van der Waals surface area contributed by atoms with E-state index in [0.717, 1.165) is 6.07 Å². The number of ether oxygens (including phenoxy) is 1. The van der Waals surface area contributed by atoms with E-state index in [1.807, 2.05) is 6.92 Å². The Morgan fingerprint density at radius 3 is 2.57 bits per heavy atom. The minimum absolute atomic E-state index is 0.0574. The summed E-state index contributed by atoms with van der Waals surface area (Å²) in [4.78, 5) is 22.0. The van der Waals surface area contributed by atoms with Crippen LogP contribution in [0, 0.1) is 10.1 Å². The summed E-state index contributed by atoms with van der Waals surface area (Å²) in [6, 6.07) is 9.68. The van der Waals surface area contributed by atoms with Gasteiger partial charge in [-0.1, -0.05) is 12.1 Å². The number of nitro groups is 1. The maximum Gasteiger partial charge on any atom is 0.323 e. The highest BCUT2D eigenvalue weighted by molar-refractivity contribution is 6.01. The SMILES string of the molecule is CCOc1ccccc1NC(=O)Nc1ccc([N+](=O)[O-])cc1O. The Labute approximate surface area is 131 Å². The van der Waals surface area contributed by atoms with E-state index in [9.17, 15) is 20.0 Å². The molecule has 0 aliphatic heterocycles. The number of non-ortho nitro benzene ring substituents is 1. The van der Waals surface area contributed by atoms with Crippen molar-refractivity contribution in [3.05, 3.63) is 52.6 Å². The second-order valence-electron chi connectivity index (χ2n) is 4.47. The van der Waals surface area contributed by atoms with E-state index in [4.69, 9.17) is 4.74 Å². The van der Waals surface area contributed by atoms with Crippen molar-refractivity contribution in [3.63, 3.8) is 0 Å². The highest BCUT2D eigenvalue weighted by atomic mass is 16.6. The molecular formula is C15H15N3O5. The van der Waals surface area contributed by atoms with E-state index in [1.54, 1.807) is 24.3 Å². The quantitative estimate of drug-likeness (QED) is 0.444. The van der Waals surface area contributed by atoms with Crippen molar-refractivity contribution >= 4 is 23.1 Å². The largest absolute Gasteiger partial charge is 0.506 e. The topological polar surface area (TPSA) is 114 Å². The molecule has 120 valence electrons. The smallest absolute Gasteiger partial charge is 0.323 e. The Kier molecular flexibility index (Phi) is 4.98. The molecule has 0 aliphatic carbocycles. The summed E-state index contributed by atoms with van der Waals surface area (Å²) in [6.45, 7) is 2.27. The Morgan fingerprint density at radius 1 is 1.22 bits per heavy atom. The first-order chi connectivity index (χ1) is 11.0. The maximum absolute atomic E-state index is 12.0. The number of nitrogens with one attached hydrogen (secondary N) is 2. The first kappa shape index (κ1) is 16.1. The highest BCUT2D eigenvalue weighted by Crippen LogP contribution is 2.28. The summed E-state index contributed by atoms with van der Waals surface area (Å²) in [5.74, 6) is 0.116. The van der Waals surface area contributed by atoms with Gasteiger partial charge in [-0.05, 0) is 25.1 Å². The number of hydrogen-bond donors (Lipinski definition) is 3. The predicted octanol–water partition coefficient (Wildman–Crippen LogP) is 3.34. The van der Waals surface area contributed by atoms with E-state index in [0.29, 0.717) is 18.0 Å². The van der Waals surface area contributed by atoms with Crippen LogP contribution in [-0.2, 0) is 0 Å². The van der Waals surface area contributed by atoms with Gasteiger partial charge < -0.3 is 20.5 Å². The molecule has 0 radical (unpaired) electrons. The van der Waals surface area contributed by atoms with Crippen molar-refractivity contribution in [2.24, 2.45) is 0 Å². The zero-order valence-corrected chi connectivity index (χ0v) is 12.3. The molecule has 0 fully saturated rings. The lowest BCUT2D eigenvalue weighted by Gasteiger charge is -2.12. The van der Waals surface area contributed by atoms with E-state index in [-0.39, 0.29) is 11.4 Å². The number of aromatic hydroxyl groups is 1. The molecule has 2 amide bonds. The molecule has 0 unspecified atom stereocenters. The Bertz CT molecular complexity index is 733. The molecule has 0 saturated heterocycles. The van der Waals surface area contributed by atoms with Crippen LogP contribution in [0.25, 0.3) is 0 Å². The van der Waals surface area contributed by atoms with Gasteiger partial charge in [-0.15, -0.1) is 0 Å². The number of carbonyl (C=O) groups excluding carboxylic acids is 1. The number of carbonyl (C=O) groups is 1. The molecule has 2 rings (SSSR count). The molecule has 3 N–H and O–H groups in total. The second kappa shape index (κ2) is 7.12. The van der Waals surface area contributed by atoms with Gasteiger partial charge in [0.2, 0.25) is 0 Å². The molecule has 0 aliphatic rings. The number of rotatable bonds is 5. The molecule has 8 heteroatoms. The Morgan fingerprint density at radius 2 is 1.91 bits per heavy atom. The van der Waals surface area contributed by atoms with Crippen molar-refractivity contribution in [1.82, 2.24) is 0 Å². The van der Waals surface area contributed by atoms with Crippen LogP contribution in [0.4, 0.5) is 21.9 Å². The molecule has 23 heavy (non-hydrogen) atoms. The zero-order valence-electron chi connectivity index (χ0n) is 12.3. The van der Waals surface area contributed by atoms with Crippen molar-refractivity contribution in [1.29, 1.82) is 0 Å². The molecule has 0 spiro atoms. The molecular weight excluding hydrogens is 302 g/mol. The number of benzene rings is 2. The van der Waals surface area contributed by atoms with Crippen molar-refractivity contribution in [3.8, 4) is 11.5 Å². The average Bonchev–Trinajstić information content (AvgIpc) is 2.51. The van der Waals surface area contributed by atoms with Crippen LogP contribution in [0.1, 0.15) is 6.92 Å². The van der Waals surface area contributed by atoms with E-state index >= 15 is 0 Å². The van der Waals surface area contributed by atoms with E-state index in [1.165, 1.54) is 12.1 Å². The van der Waals surface area contributed by atoms with E-state index in [2.05, 4.69) is 10.6 Å². The summed E-state index contributed by atoms with van der Waals surface area (Å²) >= 11 is 0. The van der Waals surface area contributed by atoms with Crippen LogP contribution in [-0.4, -0.2) is 22.7 Å². The molecule has 0 atom stereocenters. The first-order valence-corrected chi connectivity index (χ1v) is 6.78. The van der Waals surface area contributed by atoms with Gasteiger partial charge in [0.25, 0.3) is 5.69 Å². The summed E-state index contributed by atoms with van der Waals surface area (Å²) in [5, 5.41) is 25.3. The number of phenols is 1. The van der Waals surface area contributed by atoms with Crippen LogP contribution in [0.5, 0.6) is 11.5 Å². The number of nitro benzene ring substituents is 1. The lowest BCUT2D eigenvalue weighted by Crippen LogP contribution is -2.20. The zero-order chi connectivity index (χ0) is 16.8. The van der Waals surface area contributed by atoms with Crippen LogP contribution < -0.4 is 15.4 Å². The van der Waals surface area contributed by atoms with Gasteiger partial charge >= 0.3 is 6.03 Å². The Balaban J connectivity index is 2.10. The maximum atomic E-state index is 12.0. The van der Waals surface area contributed by atoms with Crippen molar-refractivity contribution < 1.29 is 19.6 Å². The summed E-state index contributed by atoms with van der Waals surface area (Å²) in [6.07, 6.45) is 0. The van der Waals surface area contributed by atoms with Gasteiger partial charge in [-0.2, -0.15) is 0 Å². The van der Waals surface area contributed by atoms with Gasteiger partial charge in [0.05, 0.1) is 29.0 Å². The summed E-state index contributed by atoms with van der Waals surface area (Å²) in [7, 11) is 0. The van der Waals surface area contributed by atoms with Gasteiger partial charge in [-0.25, -0.2) is 4.79 Å². The van der Waals surface area contributed by atoms with Crippen LogP contribution >= 0.6 is 0 Å². The number of amides is 2. The lowest BCUT2D eigenvalue weighted by atomic mass is 10.2. The number of para-hydroxylation sites is 2. The lowest BCUT2D eigenvalue weighted by molar-refractivity contribution is -0.384. The summed E-state index contributed by atoms with van der Waals surface area (Å²) in [5.41, 5.74) is 0.255. The van der Waals surface area contributed by atoms with Crippen LogP contribution in [0.3, 0.4) is 0 Å². The highest BCUT2D eigenvalue weighted by Gasteiger charge is 2.13. The first-order valence-electron chi connectivity index (χ1n) is 6.78. The standard InChI is InChI=1S/C15H15N3O5/c1-2-23-14-6-4-3-5-12(14)17-15(20)16-11-8-7-10(18(21)22)9-13(11)19/h3-9,19H,2H2,1H3,(H2,16,17,20). The predicted molar refractivity (Wildman–Crippen MR) is 85.0 cm³/mol. The summed E-state index contributed by atoms with van der Waals surface area (Å²) < 4.78 is 5.39. The van der Waals surface area contributed by atoms with E-state index < -0.39 is 16.7 Å². The third-order valence-electron chi connectivity index (χ3n) is 2.88. The number of hydrogen-bond acceptors (Lipinski definition) is 5. The minimum atomic E-state index is -0.637. The fourth-order valence-corrected chi connectivity index (χ4v) is 1.87. The van der Waals surface area contributed by atoms with Crippen molar-refractivity contribution in [2.75, 3.05) is 17.2 Å². The van der Waals surface area contributed by atoms with Gasteiger partial charge in [0, 0.05) is 6.07 Å². The monoisotopic (exact) mass is 317 g/mol. The Hall–Kier alpha value is -3.29. The van der Waals surface area contributed by atoms with Gasteiger partial charge in [0.1, 0.15) is 11.5 Å². The minimum Gasteiger partial charge on any atom is -0.506 e. The molecule has 2 aromatic rings. The molecule has 0 aromatic heterocycles. The fourth-order valence-electron chi connectivity index (χ4n) is 1.87.